The number of amides is 3. The van der Waals surface area contributed by atoms with Crippen LogP contribution in [-0.2, 0) is 14.3 Å². The predicted molar refractivity (Wildman–Crippen MR) is 89.0 cm³/mol. The summed E-state index contributed by atoms with van der Waals surface area (Å²) in [5.41, 5.74) is -2.00. The lowest BCUT2D eigenvalue weighted by atomic mass is 9.70. The van der Waals surface area contributed by atoms with Crippen molar-refractivity contribution in [2.24, 2.45) is 0 Å². The molecule has 0 aromatic carbocycles. The molecule has 2 saturated heterocycles. The van der Waals surface area contributed by atoms with E-state index >= 15 is 0 Å². The molecule has 0 N–H and O–H groups in total. The molecule has 0 saturated carbocycles. The Kier molecular flexibility index (Phi) is 4.48. The van der Waals surface area contributed by atoms with Crippen molar-refractivity contribution in [1.82, 2.24) is 14.2 Å². The smallest absolute Gasteiger partial charge is 0.331 e. The molecule has 0 aliphatic carbocycles. The average molecular weight is 358 g/mol. The Labute approximate surface area is 147 Å². The van der Waals surface area contributed by atoms with Crippen LogP contribution in [0.3, 0.4) is 0 Å². The number of urea groups is 1. The Morgan fingerprint density at radius 3 is 2.21 bits per heavy atom. The topological polar surface area (TPSA) is 70.2 Å². The van der Waals surface area contributed by atoms with Gasteiger partial charge in [0.05, 0.1) is 0 Å². The summed E-state index contributed by atoms with van der Waals surface area (Å²) in [6, 6.07) is -0.480. The largest absolute Gasteiger partial charge is 0.440 e. The summed E-state index contributed by atoms with van der Waals surface area (Å²) in [6.07, 6.45) is 1.77. The number of piperidine rings is 1. The first-order chi connectivity index (χ1) is 10.9. The highest BCUT2D eigenvalue weighted by atomic mass is 35.5. The van der Waals surface area contributed by atoms with E-state index in [-0.39, 0.29) is 5.91 Å². The number of imide groups is 1. The molecular weight excluding hydrogens is 334 g/mol. The van der Waals surface area contributed by atoms with Crippen molar-refractivity contribution in [2.75, 3.05) is 13.8 Å². The monoisotopic (exact) mass is 357 g/mol. The zero-order valence-electron chi connectivity index (χ0n) is 14.8. The maximum Gasteiger partial charge on any atom is 0.331 e. The summed E-state index contributed by atoms with van der Waals surface area (Å²) in [7, 11) is 1.60. The minimum absolute atomic E-state index is 0.363. The van der Waals surface area contributed by atoms with Crippen LogP contribution in [-0.4, -0.2) is 62.5 Å². The van der Waals surface area contributed by atoms with E-state index < -0.39 is 35.3 Å². The van der Waals surface area contributed by atoms with Crippen LogP contribution in [0, 0.1) is 0 Å². The van der Waals surface area contributed by atoms with Crippen molar-refractivity contribution >= 4 is 29.7 Å². The maximum absolute atomic E-state index is 13.1. The molecule has 24 heavy (non-hydrogen) atoms. The van der Waals surface area contributed by atoms with Crippen LogP contribution in [0.2, 0.25) is 0 Å². The molecule has 0 atom stereocenters. The van der Waals surface area contributed by atoms with Gasteiger partial charge in [0.1, 0.15) is 5.54 Å². The second-order valence-electron chi connectivity index (χ2n) is 7.66. The van der Waals surface area contributed by atoms with Gasteiger partial charge in [-0.25, -0.2) is 18.9 Å². The second-order valence-corrected chi connectivity index (χ2v) is 8.00. The standard InChI is InChI=1S/C16H24ClN3O4/c1-7-11(21)24-10-19-12(22)16(18(6)13(19)23)8-14(2,3)20(17)15(4,5)9-16/h7H,1,8-10H2,2-6H3. The van der Waals surface area contributed by atoms with Gasteiger partial charge in [-0.15, -0.1) is 0 Å². The first-order valence-corrected chi connectivity index (χ1v) is 8.08. The highest BCUT2D eigenvalue weighted by Crippen LogP contribution is 2.49. The summed E-state index contributed by atoms with van der Waals surface area (Å²) in [6.45, 7) is 10.6. The Bertz CT molecular complexity index is 584. The van der Waals surface area contributed by atoms with E-state index in [0.717, 1.165) is 11.0 Å². The number of ether oxygens (including phenoxy) is 1. The van der Waals surface area contributed by atoms with Gasteiger partial charge in [-0.05, 0) is 52.3 Å². The average Bonchev–Trinajstić information content (AvgIpc) is 2.64. The van der Waals surface area contributed by atoms with E-state index in [4.69, 9.17) is 16.5 Å². The lowest BCUT2D eigenvalue weighted by Gasteiger charge is -2.55. The fourth-order valence-corrected chi connectivity index (χ4v) is 4.11. The van der Waals surface area contributed by atoms with Gasteiger partial charge in [0, 0.05) is 24.2 Å². The van der Waals surface area contributed by atoms with Gasteiger partial charge < -0.3 is 9.64 Å². The van der Waals surface area contributed by atoms with E-state index in [1.54, 1.807) is 11.5 Å². The van der Waals surface area contributed by atoms with Crippen LogP contribution in [0.15, 0.2) is 12.7 Å². The Morgan fingerprint density at radius 1 is 1.25 bits per heavy atom. The number of hydrogen-bond acceptors (Lipinski definition) is 5. The molecule has 0 aromatic rings. The summed E-state index contributed by atoms with van der Waals surface area (Å²) in [5, 5.41) is 0. The number of carbonyl (C=O) groups is 3. The number of rotatable bonds is 3. The molecule has 2 fully saturated rings. The second kappa shape index (κ2) is 5.74. The maximum atomic E-state index is 13.1. The summed E-state index contributed by atoms with van der Waals surface area (Å²) >= 11 is 6.48. The van der Waals surface area contributed by atoms with Gasteiger partial charge in [-0.1, -0.05) is 6.58 Å². The Hall–Kier alpha value is -1.60. The van der Waals surface area contributed by atoms with E-state index in [1.807, 2.05) is 27.7 Å². The number of likely N-dealkylation sites (N-methyl/N-ethyl adjacent to an activating group) is 1. The normalized spacial score (nSPS) is 25.2. The quantitative estimate of drug-likeness (QED) is 0.335. The molecule has 2 aliphatic heterocycles. The lowest BCUT2D eigenvalue weighted by molar-refractivity contribution is -0.149. The van der Waals surface area contributed by atoms with Crippen molar-refractivity contribution < 1.29 is 19.1 Å². The molecule has 134 valence electrons. The van der Waals surface area contributed by atoms with Gasteiger partial charge in [0.25, 0.3) is 5.91 Å². The third kappa shape index (κ3) is 2.69. The molecule has 8 heteroatoms. The third-order valence-corrected chi connectivity index (χ3v) is 5.73. The first kappa shape index (κ1) is 18.7. The van der Waals surface area contributed by atoms with E-state index in [1.165, 1.54) is 4.90 Å². The van der Waals surface area contributed by atoms with Gasteiger partial charge >= 0.3 is 12.0 Å². The van der Waals surface area contributed by atoms with Crippen LogP contribution < -0.4 is 0 Å². The molecule has 2 heterocycles. The number of hydrogen-bond donors (Lipinski definition) is 0. The van der Waals surface area contributed by atoms with Crippen LogP contribution >= 0.6 is 11.8 Å². The molecule has 3 amide bonds. The van der Waals surface area contributed by atoms with Crippen molar-refractivity contribution in [3.63, 3.8) is 0 Å². The summed E-state index contributed by atoms with van der Waals surface area (Å²) in [5.74, 6) is -1.05. The number of halogens is 1. The first-order valence-electron chi connectivity index (χ1n) is 7.74. The molecule has 1 spiro atoms. The van der Waals surface area contributed by atoms with Crippen LogP contribution in [0.1, 0.15) is 40.5 Å². The molecule has 2 rings (SSSR count). The minimum Gasteiger partial charge on any atom is -0.440 e. The van der Waals surface area contributed by atoms with E-state index in [0.29, 0.717) is 12.8 Å². The molecule has 0 bridgehead atoms. The highest BCUT2D eigenvalue weighted by Gasteiger charge is 2.64. The molecule has 0 unspecified atom stereocenters. The van der Waals surface area contributed by atoms with Crippen LogP contribution in [0.5, 0.6) is 0 Å². The van der Waals surface area contributed by atoms with E-state index in [2.05, 4.69) is 6.58 Å². The molecule has 0 radical (unpaired) electrons. The summed E-state index contributed by atoms with van der Waals surface area (Å²) < 4.78 is 6.61. The van der Waals surface area contributed by atoms with Gasteiger partial charge in [-0.3, -0.25) is 4.79 Å². The number of nitrogens with zero attached hydrogens (tertiary/aromatic N) is 3. The fourth-order valence-electron chi connectivity index (χ4n) is 3.99. The highest BCUT2D eigenvalue weighted by molar-refractivity contribution is 6.15. The predicted octanol–water partition coefficient (Wildman–Crippen LogP) is 2.11. The van der Waals surface area contributed by atoms with Crippen molar-refractivity contribution in [1.29, 1.82) is 0 Å². The fraction of sp³-hybridized carbons (Fsp3) is 0.688. The Balaban J connectivity index is 2.36. The molecular formula is C16H24ClN3O4. The molecule has 7 nitrogen and oxygen atoms in total. The SMILES string of the molecule is C=CC(=O)OCN1C(=O)N(C)C2(CC(C)(C)N(Cl)C(C)(C)C2)C1=O. The molecule has 2 aliphatic rings. The molecule has 0 aromatic heterocycles. The minimum atomic E-state index is -1.00. The number of esters is 1. The van der Waals surface area contributed by atoms with Crippen LogP contribution in [0.25, 0.3) is 0 Å². The van der Waals surface area contributed by atoms with Gasteiger partial charge in [-0.2, -0.15) is 0 Å². The lowest BCUT2D eigenvalue weighted by Crippen LogP contribution is -2.67. The Morgan fingerprint density at radius 2 is 1.75 bits per heavy atom. The zero-order valence-corrected chi connectivity index (χ0v) is 15.5. The van der Waals surface area contributed by atoms with Crippen molar-refractivity contribution in [2.45, 2.75) is 57.2 Å². The van der Waals surface area contributed by atoms with Gasteiger partial charge in [0.2, 0.25) is 0 Å². The van der Waals surface area contributed by atoms with E-state index in [9.17, 15) is 14.4 Å². The number of carbonyl (C=O) groups excluding carboxylic acids is 3. The van der Waals surface area contributed by atoms with Crippen molar-refractivity contribution in [3.8, 4) is 0 Å². The van der Waals surface area contributed by atoms with Gasteiger partial charge in [0.15, 0.2) is 6.73 Å². The summed E-state index contributed by atoms with van der Waals surface area (Å²) in [4.78, 5) is 39.3. The zero-order chi connectivity index (χ0) is 18.5. The third-order valence-electron chi connectivity index (χ3n) is 4.82. The van der Waals surface area contributed by atoms with Crippen molar-refractivity contribution in [3.05, 3.63) is 12.7 Å². The van der Waals surface area contributed by atoms with Crippen LogP contribution in [0.4, 0.5) is 4.79 Å².